The van der Waals surface area contributed by atoms with E-state index in [4.69, 9.17) is 0 Å². The number of pyridine rings is 1. The highest BCUT2D eigenvalue weighted by Gasteiger charge is 2.18. The lowest BCUT2D eigenvalue weighted by Crippen LogP contribution is -2.36. The summed E-state index contributed by atoms with van der Waals surface area (Å²) in [6.45, 7) is 6.07. The first-order chi connectivity index (χ1) is 14.1. The highest BCUT2D eigenvalue weighted by molar-refractivity contribution is 5.93. The van der Waals surface area contributed by atoms with Crippen molar-refractivity contribution in [1.82, 2.24) is 24.8 Å². The van der Waals surface area contributed by atoms with Crippen LogP contribution in [-0.4, -0.2) is 44.3 Å². The van der Waals surface area contributed by atoms with Crippen LogP contribution in [0.1, 0.15) is 42.9 Å². The Bertz CT molecular complexity index is 962. The van der Waals surface area contributed by atoms with Gasteiger partial charge in [0.25, 0.3) is 5.91 Å². The smallest absolute Gasteiger partial charge is 0.253 e. The Kier molecular flexibility index (Phi) is 6.94. The average Bonchev–Trinajstić information content (AvgIpc) is 3.10. The number of amides is 2. The summed E-state index contributed by atoms with van der Waals surface area (Å²) >= 11 is 0. The number of fused-ring (bicyclic) bond motifs is 1. The number of benzene rings is 1. The topological polar surface area (TPSA) is 80.1 Å². The summed E-state index contributed by atoms with van der Waals surface area (Å²) in [4.78, 5) is 35.8. The predicted octanol–water partition coefficient (Wildman–Crippen LogP) is 3.01. The number of nitrogens with one attached hydrogen (secondary N) is 1. The third-order valence-electron chi connectivity index (χ3n) is 4.70. The van der Waals surface area contributed by atoms with Crippen LogP contribution in [0.2, 0.25) is 0 Å². The molecule has 0 spiro atoms. The van der Waals surface area contributed by atoms with Gasteiger partial charge in [0.05, 0.1) is 23.1 Å². The van der Waals surface area contributed by atoms with Crippen LogP contribution in [-0.2, 0) is 17.9 Å². The number of rotatable bonds is 9. The first kappa shape index (κ1) is 20.5. The number of nitrogens with zero attached hydrogens (tertiary/aromatic N) is 4. The summed E-state index contributed by atoms with van der Waals surface area (Å²) in [5.74, 6) is 0.503. The molecule has 0 radical (unpaired) electrons. The van der Waals surface area contributed by atoms with Crippen LogP contribution in [0.25, 0.3) is 11.0 Å². The first-order valence-electron chi connectivity index (χ1n) is 10.0. The van der Waals surface area contributed by atoms with E-state index in [0.717, 1.165) is 37.0 Å². The molecular weight excluding hydrogens is 366 g/mol. The Hall–Kier alpha value is -3.22. The molecule has 29 heavy (non-hydrogen) atoms. The molecule has 0 fully saturated rings. The van der Waals surface area contributed by atoms with Gasteiger partial charge in [0, 0.05) is 25.5 Å². The fraction of sp³-hybridized carbons (Fsp3) is 0.364. The van der Waals surface area contributed by atoms with Gasteiger partial charge in [0.1, 0.15) is 12.4 Å². The zero-order valence-corrected chi connectivity index (χ0v) is 17.0. The van der Waals surface area contributed by atoms with Crippen LogP contribution in [0.3, 0.4) is 0 Å². The summed E-state index contributed by atoms with van der Waals surface area (Å²) in [5.41, 5.74) is 2.19. The van der Waals surface area contributed by atoms with Crippen LogP contribution in [0.5, 0.6) is 0 Å². The highest BCUT2D eigenvalue weighted by atomic mass is 16.2. The van der Waals surface area contributed by atoms with Crippen molar-refractivity contribution in [3.63, 3.8) is 0 Å². The molecule has 1 N–H and O–H groups in total. The maximum atomic E-state index is 12.9. The molecule has 2 aromatic heterocycles. The Morgan fingerprint density at radius 1 is 1.07 bits per heavy atom. The van der Waals surface area contributed by atoms with Gasteiger partial charge in [0.15, 0.2) is 0 Å². The zero-order chi connectivity index (χ0) is 20.6. The van der Waals surface area contributed by atoms with E-state index in [0.29, 0.717) is 11.4 Å². The summed E-state index contributed by atoms with van der Waals surface area (Å²) in [7, 11) is 0. The summed E-state index contributed by atoms with van der Waals surface area (Å²) in [5, 5.41) is 2.88. The molecule has 0 atom stereocenters. The van der Waals surface area contributed by atoms with Crippen molar-refractivity contribution in [1.29, 1.82) is 0 Å². The van der Waals surface area contributed by atoms with E-state index in [1.807, 2.05) is 33.7 Å². The van der Waals surface area contributed by atoms with Gasteiger partial charge < -0.3 is 14.8 Å². The standard InChI is InChI=1S/C22H27N5O2/c1-3-12-26(13-4-2)21(28)16-27-19-10-6-5-9-18(19)25-20(27)15-24-22(29)17-8-7-11-23-14-17/h5-11,14H,3-4,12-13,15-16H2,1-2H3,(H,24,29). The second kappa shape index (κ2) is 9.82. The van der Waals surface area contributed by atoms with Crippen molar-refractivity contribution in [2.24, 2.45) is 0 Å². The van der Waals surface area contributed by atoms with Gasteiger partial charge in [0.2, 0.25) is 5.91 Å². The van der Waals surface area contributed by atoms with E-state index in [-0.39, 0.29) is 24.9 Å². The van der Waals surface area contributed by atoms with E-state index < -0.39 is 0 Å². The number of aromatic nitrogens is 3. The van der Waals surface area contributed by atoms with E-state index in [1.54, 1.807) is 18.3 Å². The lowest BCUT2D eigenvalue weighted by atomic mass is 10.3. The minimum atomic E-state index is -0.221. The van der Waals surface area contributed by atoms with Gasteiger partial charge in [-0.05, 0) is 37.1 Å². The SMILES string of the molecule is CCCN(CCC)C(=O)Cn1c(CNC(=O)c2cccnc2)nc2ccccc21. The number of hydrogen-bond donors (Lipinski definition) is 1. The van der Waals surface area contributed by atoms with Crippen LogP contribution >= 0.6 is 0 Å². The molecule has 0 aliphatic rings. The van der Waals surface area contributed by atoms with E-state index in [2.05, 4.69) is 29.1 Å². The second-order valence-electron chi connectivity index (χ2n) is 6.91. The van der Waals surface area contributed by atoms with Crippen molar-refractivity contribution in [2.75, 3.05) is 13.1 Å². The van der Waals surface area contributed by atoms with Gasteiger partial charge in [-0.25, -0.2) is 4.98 Å². The molecule has 7 nitrogen and oxygen atoms in total. The molecule has 0 aliphatic heterocycles. The Labute approximate surface area is 170 Å². The summed E-state index contributed by atoms with van der Waals surface area (Å²) in [6.07, 6.45) is 4.99. The minimum absolute atomic E-state index is 0.0664. The van der Waals surface area contributed by atoms with Crippen molar-refractivity contribution >= 4 is 22.8 Å². The number of hydrogen-bond acceptors (Lipinski definition) is 4. The van der Waals surface area contributed by atoms with Crippen LogP contribution in [0.4, 0.5) is 0 Å². The Balaban J connectivity index is 1.82. The molecule has 1 aromatic carbocycles. The number of carbonyl (C=O) groups is 2. The van der Waals surface area contributed by atoms with Crippen LogP contribution in [0, 0.1) is 0 Å². The normalized spacial score (nSPS) is 10.8. The Morgan fingerprint density at radius 2 is 1.83 bits per heavy atom. The molecule has 3 rings (SSSR count). The molecule has 3 aromatic rings. The number of imidazole rings is 1. The average molecular weight is 393 g/mol. The lowest BCUT2D eigenvalue weighted by molar-refractivity contribution is -0.131. The first-order valence-corrected chi connectivity index (χ1v) is 10.0. The molecule has 2 heterocycles. The molecule has 0 saturated carbocycles. The second-order valence-corrected chi connectivity index (χ2v) is 6.91. The molecular formula is C22H27N5O2. The number of carbonyl (C=O) groups excluding carboxylic acids is 2. The predicted molar refractivity (Wildman–Crippen MR) is 112 cm³/mol. The van der Waals surface area contributed by atoms with Gasteiger partial charge in [-0.15, -0.1) is 0 Å². The molecule has 0 saturated heterocycles. The molecule has 7 heteroatoms. The van der Waals surface area contributed by atoms with E-state index >= 15 is 0 Å². The van der Waals surface area contributed by atoms with Gasteiger partial charge in [-0.3, -0.25) is 14.6 Å². The maximum absolute atomic E-state index is 12.9. The molecule has 0 unspecified atom stereocenters. The van der Waals surface area contributed by atoms with Crippen molar-refractivity contribution in [3.8, 4) is 0 Å². The van der Waals surface area contributed by atoms with Gasteiger partial charge in [-0.1, -0.05) is 26.0 Å². The van der Waals surface area contributed by atoms with Crippen molar-refractivity contribution in [2.45, 2.75) is 39.8 Å². The lowest BCUT2D eigenvalue weighted by Gasteiger charge is -2.22. The van der Waals surface area contributed by atoms with E-state index in [1.165, 1.54) is 6.20 Å². The van der Waals surface area contributed by atoms with Crippen molar-refractivity contribution in [3.05, 3.63) is 60.2 Å². The molecule has 2 amide bonds. The van der Waals surface area contributed by atoms with Crippen LogP contribution < -0.4 is 5.32 Å². The Morgan fingerprint density at radius 3 is 2.52 bits per heavy atom. The molecule has 152 valence electrons. The van der Waals surface area contributed by atoms with Gasteiger partial charge >= 0.3 is 0 Å². The summed E-state index contributed by atoms with van der Waals surface area (Å²) in [6, 6.07) is 11.1. The largest absolute Gasteiger partial charge is 0.345 e. The monoisotopic (exact) mass is 393 g/mol. The summed E-state index contributed by atoms with van der Waals surface area (Å²) < 4.78 is 1.90. The quantitative estimate of drug-likeness (QED) is 0.606. The minimum Gasteiger partial charge on any atom is -0.345 e. The number of para-hydroxylation sites is 2. The molecule has 0 bridgehead atoms. The molecule has 0 aliphatic carbocycles. The fourth-order valence-corrected chi connectivity index (χ4v) is 3.33. The fourth-order valence-electron chi connectivity index (χ4n) is 3.33. The van der Waals surface area contributed by atoms with E-state index in [9.17, 15) is 9.59 Å². The van der Waals surface area contributed by atoms with Crippen molar-refractivity contribution < 1.29 is 9.59 Å². The van der Waals surface area contributed by atoms with Crippen LogP contribution in [0.15, 0.2) is 48.8 Å². The highest BCUT2D eigenvalue weighted by Crippen LogP contribution is 2.17. The maximum Gasteiger partial charge on any atom is 0.253 e. The zero-order valence-electron chi connectivity index (χ0n) is 17.0. The third-order valence-corrected chi connectivity index (χ3v) is 4.70. The van der Waals surface area contributed by atoms with Gasteiger partial charge in [-0.2, -0.15) is 0 Å². The third kappa shape index (κ3) is 4.99.